The van der Waals surface area contributed by atoms with E-state index in [2.05, 4.69) is 15.8 Å². The van der Waals surface area contributed by atoms with E-state index in [-0.39, 0.29) is 17.7 Å². The zero-order valence-electron chi connectivity index (χ0n) is 15.2. The Balaban J connectivity index is 1.46. The minimum atomic E-state index is -3.29. The molecule has 0 atom stereocenters. The number of aromatic nitrogens is 1. The normalized spacial score (nSPS) is 23.3. The fourth-order valence-electron chi connectivity index (χ4n) is 3.98. The number of pyridine rings is 1. The van der Waals surface area contributed by atoms with Crippen molar-refractivity contribution in [2.45, 2.75) is 31.7 Å². The second kappa shape index (κ2) is 7.39. The highest BCUT2D eigenvalue weighted by Gasteiger charge is 2.39. The van der Waals surface area contributed by atoms with E-state index in [4.69, 9.17) is 9.39 Å². The van der Waals surface area contributed by atoms with Crippen molar-refractivity contribution in [2.75, 3.05) is 19.5 Å². The van der Waals surface area contributed by atoms with E-state index in [1.165, 1.54) is 0 Å². The van der Waals surface area contributed by atoms with Crippen molar-refractivity contribution in [2.24, 2.45) is 5.92 Å². The van der Waals surface area contributed by atoms with Crippen molar-refractivity contribution in [3.8, 4) is 5.75 Å². The minimum absolute atomic E-state index is 0.0719. The third-order valence-electron chi connectivity index (χ3n) is 5.30. The molecule has 0 spiro atoms. The number of nitrogens with one attached hydrogen (secondary N) is 1. The number of allylic oxidation sites excluding steroid dienone is 2. The molecule has 1 saturated carbocycles. The summed E-state index contributed by atoms with van der Waals surface area (Å²) in [7, 11) is -2.73. The lowest BCUT2D eigenvalue weighted by Crippen LogP contribution is -2.46. The molecule has 0 bridgehead atoms. The van der Waals surface area contributed by atoms with Crippen LogP contribution in [-0.2, 0) is 21.2 Å². The SMILES string of the molecule is COCCCS(=O)(=O)NC1CC(C2=CB(O)Oc3cnc4c(c32)C=CC4)C1. The quantitative estimate of drug-likeness (QED) is 0.536. The average molecular weight is 390 g/mol. The Morgan fingerprint density at radius 3 is 3.04 bits per heavy atom. The summed E-state index contributed by atoms with van der Waals surface area (Å²) in [6.07, 6.45) is 8.49. The monoisotopic (exact) mass is 390 g/mol. The van der Waals surface area contributed by atoms with Crippen molar-refractivity contribution in [1.29, 1.82) is 0 Å². The molecule has 1 fully saturated rings. The lowest BCUT2D eigenvalue weighted by Gasteiger charge is -2.39. The van der Waals surface area contributed by atoms with E-state index >= 15 is 0 Å². The van der Waals surface area contributed by atoms with Crippen molar-refractivity contribution in [3.63, 3.8) is 0 Å². The first-order valence-electron chi connectivity index (χ1n) is 9.21. The number of sulfonamides is 1. The van der Waals surface area contributed by atoms with Gasteiger partial charge >= 0.3 is 7.12 Å². The van der Waals surface area contributed by atoms with Gasteiger partial charge in [-0.2, -0.15) is 0 Å². The van der Waals surface area contributed by atoms with Crippen LogP contribution in [0.2, 0.25) is 0 Å². The van der Waals surface area contributed by atoms with Crippen LogP contribution in [0.25, 0.3) is 11.6 Å². The number of ether oxygens (including phenoxy) is 1. The predicted molar refractivity (Wildman–Crippen MR) is 103 cm³/mol. The van der Waals surface area contributed by atoms with Gasteiger partial charge in [-0.3, -0.25) is 4.98 Å². The molecule has 1 aromatic rings. The zero-order valence-corrected chi connectivity index (χ0v) is 16.0. The standard InChI is InChI=1S/C18H23BN2O5S/c1-25-6-3-7-27(23,24)21-13-8-12(9-13)15-10-19(22)26-17-11-20-16-5-2-4-14(16)18(15)17/h2,4,10-13,21-22H,3,5-9H2,1H3. The van der Waals surface area contributed by atoms with Crippen molar-refractivity contribution < 1.29 is 22.8 Å². The van der Waals surface area contributed by atoms with E-state index in [0.29, 0.717) is 31.6 Å². The summed E-state index contributed by atoms with van der Waals surface area (Å²) in [6, 6.07) is -0.0719. The lowest BCUT2D eigenvalue weighted by atomic mass is 9.68. The van der Waals surface area contributed by atoms with Crippen LogP contribution in [0.3, 0.4) is 0 Å². The van der Waals surface area contributed by atoms with Gasteiger partial charge in [0.1, 0.15) is 5.75 Å². The number of hydrogen-bond acceptors (Lipinski definition) is 6. The predicted octanol–water partition coefficient (Wildman–Crippen LogP) is 1.18. The summed E-state index contributed by atoms with van der Waals surface area (Å²) in [4.78, 5) is 4.42. The number of methoxy groups -OCH3 is 1. The number of rotatable bonds is 7. The summed E-state index contributed by atoms with van der Waals surface area (Å²) in [5, 5.41) is 10.0. The van der Waals surface area contributed by atoms with Gasteiger partial charge in [0.25, 0.3) is 0 Å². The molecule has 0 amide bonds. The highest BCUT2D eigenvalue weighted by molar-refractivity contribution is 7.89. The van der Waals surface area contributed by atoms with Crippen molar-refractivity contribution in [1.82, 2.24) is 9.71 Å². The van der Waals surface area contributed by atoms with E-state index in [0.717, 1.165) is 28.8 Å². The molecule has 0 unspecified atom stereocenters. The summed E-state index contributed by atoms with van der Waals surface area (Å²) in [5.41, 5.74) is 4.08. The molecule has 2 heterocycles. The second-order valence-electron chi connectivity index (χ2n) is 7.24. The van der Waals surface area contributed by atoms with Gasteiger partial charge < -0.3 is 14.4 Å². The van der Waals surface area contributed by atoms with Gasteiger partial charge in [-0.1, -0.05) is 12.2 Å². The van der Waals surface area contributed by atoms with Gasteiger partial charge in [-0.25, -0.2) is 13.1 Å². The highest BCUT2D eigenvalue weighted by atomic mass is 32.2. The molecule has 3 aliphatic rings. The maximum Gasteiger partial charge on any atom is 0.552 e. The molecule has 0 aromatic carbocycles. The fourth-order valence-corrected chi connectivity index (χ4v) is 5.30. The van der Waals surface area contributed by atoms with Gasteiger partial charge in [0, 0.05) is 37.3 Å². The first-order chi connectivity index (χ1) is 13.0. The Bertz CT molecular complexity index is 893. The maximum absolute atomic E-state index is 12.1. The largest absolute Gasteiger partial charge is 0.552 e. The molecule has 0 saturated heterocycles. The third kappa shape index (κ3) is 3.82. The lowest BCUT2D eigenvalue weighted by molar-refractivity contribution is 0.199. The molecule has 1 aliphatic heterocycles. The second-order valence-corrected chi connectivity index (χ2v) is 9.12. The molecule has 27 heavy (non-hydrogen) atoms. The van der Waals surface area contributed by atoms with E-state index in [1.807, 2.05) is 6.08 Å². The van der Waals surface area contributed by atoms with Crippen LogP contribution in [0, 0.1) is 5.92 Å². The number of hydrogen-bond donors (Lipinski definition) is 2. The highest BCUT2D eigenvalue weighted by Crippen LogP contribution is 2.46. The summed E-state index contributed by atoms with van der Waals surface area (Å²) < 4.78 is 37.5. The average Bonchev–Trinajstić information content (AvgIpc) is 3.05. The fraction of sp³-hybridized carbons (Fsp3) is 0.500. The van der Waals surface area contributed by atoms with Gasteiger partial charge in [0.05, 0.1) is 17.6 Å². The minimum Gasteiger partial charge on any atom is -0.531 e. The molecule has 9 heteroatoms. The topological polar surface area (TPSA) is 97.8 Å². The van der Waals surface area contributed by atoms with Crippen molar-refractivity contribution >= 4 is 28.8 Å². The Morgan fingerprint density at radius 1 is 1.44 bits per heavy atom. The Kier molecular flexibility index (Phi) is 5.11. The first kappa shape index (κ1) is 18.7. The van der Waals surface area contributed by atoms with Gasteiger partial charge in [0.15, 0.2) is 0 Å². The summed E-state index contributed by atoms with van der Waals surface area (Å²) in [5.74, 6) is 2.59. The molecular weight excluding hydrogens is 367 g/mol. The number of fused-ring (bicyclic) bond motifs is 3. The molecule has 4 rings (SSSR count). The van der Waals surface area contributed by atoms with Crippen LogP contribution < -0.4 is 9.38 Å². The van der Waals surface area contributed by atoms with E-state index < -0.39 is 17.1 Å². The number of nitrogens with zero attached hydrogens (tertiary/aromatic N) is 1. The van der Waals surface area contributed by atoms with E-state index in [9.17, 15) is 13.4 Å². The van der Waals surface area contributed by atoms with E-state index in [1.54, 1.807) is 19.3 Å². The van der Waals surface area contributed by atoms with Crippen LogP contribution in [0.5, 0.6) is 5.75 Å². The van der Waals surface area contributed by atoms with Crippen LogP contribution in [0.1, 0.15) is 36.1 Å². The molecule has 0 radical (unpaired) electrons. The molecule has 1 aromatic heterocycles. The van der Waals surface area contributed by atoms with Crippen LogP contribution in [-0.4, -0.2) is 51.1 Å². The summed E-state index contributed by atoms with van der Waals surface area (Å²) >= 11 is 0. The Hall–Kier alpha value is -1.68. The van der Waals surface area contributed by atoms with Gasteiger partial charge in [-0.15, -0.1) is 0 Å². The maximum atomic E-state index is 12.1. The van der Waals surface area contributed by atoms with Gasteiger partial charge in [-0.05, 0) is 36.7 Å². The molecule has 7 nitrogen and oxygen atoms in total. The first-order valence-corrected chi connectivity index (χ1v) is 10.9. The Morgan fingerprint density at radius 2 is 2.26 bits per heavy atom. The van der Waals surface area contributed by atoms with Crippen LogP contribution in [0.15, 0.2) is 18.2 Å². The molecule has 2 N–H and O–H groups in total. The smallest absolute Gasteiger partial charge is 0.531 e. The molecule has 144 valence electrons. The van der Waals surface area contributed by atoms with Gasteiger partial charge in [0.2, 0.25) is 10.0 Å². The Labute approximate surface area is 159 Å². The van der Waals surface area contributed by atoms with Crippen LogP contribution >= 0.6 is 0 Å². The van der Waals surface area contributed by atoms with Crippen molar-refractivity contribution in [3.05, 3.63) is 35.1 Å². The van der Waals surface area contributed by atoms with Crippen LogP contribution in [0.4, 0.5) is 0 Å². The molecule has 2 aliphatic carbocycles. The zero-order chi connectivity index (χ0) is 19.0. The molecular formula is C18H23BN2O5S. The third-order valence-corrected chi connectivity index (χ3v) is 6.82. The summed E-state index contributed by atoms with van der Waals surface area (Å²) in [6.45, 7) is 0.433.